The number of carboxylic acid groups (broad SMARTS) is 1. The molecule has 1 saturated heterocycles. The number of anilines is 2. The molecular weight excluding hydrogens is 495 g/mol. The van der Waals surface area contributed by atoms with Crippen molar-refractivity contribution in [3.05, 3.63) is 47.5 Å². The fraction of sp³-hybridized carbons (Fsp3) is 0.375. The Kier molecular flexibility index (Phi) is 10.4. The molecule has 1 aromatic heterocycles. The molecule has 1 fully saturated rings. The van der Waals surface area contributed by atoms with E-state index in [1.165, 1.54) is 18.5 Å². The van der Waals surface area contributed by atoms with E-state index < -0.39 is 18.4 Å². The number of rotatable bonds is 9. The number of aliphatic hydroxyl groups is 1. The average molecular weight is 523 g/mol. The van der Waals surface area contributed by atoms with Crippen molar-refractivity contribution < 1.29 is 33.6 Å². The zero-order chi connectivity index (χ0) is 25.9. The van der Waals surface area contributed by atoms with Crippen LogP contribution in [0.5, 0.6) is 11.5 Å². The Hall–Kier alpha value is -3.25. The molecule has 1 aliphatic heterocycles. The number of carbonyl (C=O) groups is 1. The Balaban J connectivity index is 0.000000658. The number of nitrogens with zero attached hydrogens (tertiary/aromatic N) is 3. The van der Waals surface area contributed by atoms with Crippen molar-refractivity contribution in [2.75, 3.05) is 58.5 Å². The van der Waals surface area contributed by atoms with E-state index in [9.17, 15) is 4.39 Å². The molecule has 0 aliphatic carbocycles. The van der Waals surface area contributed by atoms with Gasteiger partial charge in [-0.15, -0.1) is 0 Å². The fourth-order valence-electron chi connectivity index (χ4n) is 3.44. The van der Waals surface area contributed by atoms with Crippen molar-refractivity contribution in [1.82, 2.24) is 14.9 Å². The first-order valence-electron chi connectivity index (χ1n) is 11.2. The number of aromatic nitrogens is 2. The normalized spacial score (nSPS) is 13.6. The second kappa shape index (κ2) is 13.7. The van der Waals surface area contributed by atoms with E-state index in [0.29, 0.717) is 35.1 Å². The van der Waals surface area contributed by atoms with Gasteiger partial charge in [-0.25, -0.2) is 19.2 Å². The number of hydrogen-bond donors (Lipinski definition) is 3. The minimum absolute atomic E-state index is 0.0364. The Morgan fingerprint density at radius 1 is 1.22 bits per heavy atom. The maximum Gasteiger partial charge on any atom is 0.329 e. The van der Waals surface area contributed by atoms with Crippen LogP contribution in [0.4, 0.5) is 15.9 Å². The van der Waals surface area contributed by atoms with Gasteiger partial charge in [0.25, 0.3) is 0 Å². The lowest BCUT2D eigenvalue weighted by molar-refractivity contribution is -0.140. The average Bonchev–Trinajstić information content (AvgIpc) is 2.89. The topological polar surface area (TPSA) is 126 Å². The van der Waals surface area contributed by atoms with Crippen LogP contribution < -0.4 is 14.8 Å². The molecule has 2 heterocycles. The van der Waals surface area contributed by atoms with Crippen molar-refractivity contribution >= 4 is 40.0 Å². The number of hydrogen-bond acceptors (Lipinski definition) is 9. The lowest BCUT2D eigenvalue weighted by atomic mass is 10.2. The Morgan fingerprint density at radius 2 is 1.97 bits per heavy atom. The van der Waals surface area contributed by atoms with Crippen LogP contribution >= 0.6 is 11.6 Å². The van der Waals surface area contributed by atoms with E-state index in [-0.39, 0.29) is 5.02 Å². The van der Waals surface area contributed by atoms with Gasteiger partial charge in [0.1, 0.15) is 24.6 Å². The molecule has 0 atom stereocenters. The number of benzene rings is 2. The second-order valence-corrected chi connectivity index (χ2v) is 8.11. The van der Waals surface area contributed by atoms with E-state index >= 15 is 0 Å². The second-order valence-electron chi connectivity index (χ2n) is 7.70. The number of methoxy groups -OCH3 is 1. The molecule has 12 heteroatoms. The van der Waals surface area contributed by atoms with Crippen molar-refractivity contribution in [2.24, 2.45) is 0 Å². The molecule has 3 aromatic rings. The fourth-order valence-corrected chi connectivity index (χ4v) is 3.62. The third-order valence-corrected chi connectivity index (χ3v) is 5.51. The highest BCUT2D eigenvalue weighted by atomic mass is 35.5. The number of ether oxygens (including phenoxy) is 3. The molecule has 0 bridgehead atoms. The summed E-state index contributed by atoms with van der Waals surface area (Å²) in [5.74, 6) is 0.121. The van der Waals surface area contributed by atoms with Gasteiger partial charge in [-0.1, -0.05) is 11.6 Å². The predicted octanol–water partition coefficient (Wildman–Crippen LogP) is 3.34. The number of aliphatic hydroxyl groups excluding tert-OH is 1. The van der Waals surface area contributed by atoms with Crippen LogP contribution in [0.15, 0.2) is 36.7 Å². The Labute approximate surface area is 212 Å². The maximum absolute atomic E-state index is 13.5. The molecule has 0 unspecified atom stereocenters. The molecule has 0 amide bonds. The minimum atomic E-state index is -1.19. The quantitative estimate of drug-likeness (QED) is 0.360. The summed E-state index contributed by atoms with van der Waals surface area (Å²) in [5.41, 5.74) is 1.32. The summed E-state index contributed by atoms with van der Waals surface area (Å²) in [4.78, 5) is 20.2. The van der Waals surface area contributed by atoms with E-state index in [4.69, 9.17) is 40.8 Å². The van der Waals surface area contributed by atoms with Gasteiger partial charge in [0.2, 0.25) is 0 Å². The van der Waals surface area contributed by atoms with Crippen molar-refractivity contribution in [3.8, 4) is 11.5 Å². The lowest BCUT2D eigenvalue weighted by Crippen LogP contribution is -2.37. The summed E-state index contributed by atoms with van der Waals surface area (Å²) in [5, 5.41) is 19.0. The van der Waals surface area contributed by atoms with Crippen LogP contribution in [0.1, 0.15) is 6.42 Å². The van der Waals surface area contributed by atoms with Crippen molar-refractivity contribution in [2.45, 2.75) is 6.42 Å². The summed E-state index contributed by atoms with van der Waals surface area (Å²) < 4.78 is 30.4. The van der Waals surface area contributed by atoms with Crippen LogP contribution in [-0.2, 0) is 9.53 Å². The molecule has 2 aromatic carbocycles. The van der Waals surface area contributed by atoms with Crippen LogP contribution in [0.3, 0.4) is 0 Å². The van der Waals surface area contributed by atoms with Crippen molar-refractivity contribution in [1.29, 1.82) is 0 Å². The molecule has 1 aliphatic rings. The summed E-state index contributed by atoms with van der Waals surface area (Å²) in [6.45, 7) is 4.23. The van der Waals surface area contributed by atoms with Gasteiger partial charge in [-0.2, -0.15) is 0 Å². The van der Waals surface area contributed by atoms with E-state index in [0.717, 1.165) is 44.7 Å². The lowest BCUT2D eigenvalue weighted by Gasteiger charge is -2.26. The van der Waals surface area contributed by atoms with Gasteiger partial charge < -0.3 is 29.7 Å². The highest BCUT2D eigenvalue weighted by molar-refractivity contribution is 6.31. The molecule has 0 spiro atoms. The van der Waals surface area contributed by atoms with Gasteiger partial charge >= 0.3 is 5.97 Å². The first-order valence-corrected chi connectivity index (χ1v) is 11.6. The zero-order valence-corrected chi connectivity index (χ0v) is 20.5. The first-order chi connectivity index (χ1) is 17.4. The Morgan fingerprint density at radius 3 is 2.64 bits per heavy atom. The summed E-state index contributed by atoms with van der Waals surface area (Å²) in [6.07, 6.45) is 2.35. The van der Waals surface area contributed by atoms with Crippen molar-refractivity contribution in [3.63, 3.8) is 0 Å². The number of morpholine rings is 1. The number of nitrogens with one attached hydrogen (secondary N) is 1. The summed E-state index contributed by atoms with van der Waals surface area (Å²) >= 11 is 5.90. The van der Waals surface area contributed by atoms with Gasteiger partial charge in [0.05, 0.1) is 37.5 Å². The Bertz CT molecular complexity index is 1160. The highest BCUT2D eigenvalue weighted by Gasteiger charge is 2.14. The molecule has 0 radical (unpaired) electrons. The highest BCUT2D eigenvalue weighted by Crippen LogP contribution is 2.35. The van der Waals surface area contributed by atoms with Crippen LogP contribution in [-0.4, -0.2) is 84.2 Å². The van der Waals surface area contributed by atoms with E-state index in [1.807, 2.05) is 12.1 Å². The maximum atomic E-state index is 13.5. The van der Waals surface area contributed by atoms with Gasteiger partial charge in [0.15, 0.2) is 11.5 Å². The molecule has 10 nitrogen and oxygen atoms in total. The predicted molar refractivity (Wildman–Crippen MR) is 133 cm³/mol. The molecule has 194 valence electrons. The molecular formula is C24H28ClFN4O6. The number of carboxylic acids is 1. The largest absolute Gasteiger partial charge is 0.493 e. The molecule has 0 saturated carbocycles. The third-order valence-electron chi connectivity index (χ3n) is 5.22. The minimum Gasteiger partial charge on any atom is -0.493 e. The number of fused-ring (bicyclic) bond motifs is 1. The van der Waals surface area contributed by atoms with Gasteiger partial charge in [0, 0.05) is 36.8 Å². The van der Waals surface area contributed by atoms with Crippen LogP contribution in [0.25, 0.3) is 10.9 Å². The molecule has 4 rings (SSSR count). The zero-order valence-electron chi connectivity index (χ0n) is 19.7. The number of halogens is 2. The smallest absolute Gasteiger partial charge is 0.329 e. The van der Waals surface area contributed by atoms with Gasteiger partial charge in [-0.05, 0) is 30.7 Å². The standard InChI is InChI=1S/C22H24ClFN4O3.C2H4O3/c1-29-20-13-19-16(12-21(20)31-8-2-5-28-6-9-30-10-7-28)22(26-14-25-19)27-15-3-4-18(24)17(23)11-15;3-1-2(4)5/h3-4,11-14H,2,5-10H2,1H3,(H,25,26,27);3H,1H2,(H,4,5). The third kappa shape index (κ3) is 7.89. The van der Waals surface area contributed by atoms with Crippen LogP contribution in [0, 0.1) is 5.82 Å². The van der Waals surface area contributed by atoms with E-state index in [2.05, 4.69) is 20.2 Å². The summed E-state index contributed by atoms with van der Waals surface area (Å²) in [7, 11) is 1.60. The van der Waals surface area contributed by atoms with Crippen LogP contribution in [0.2, 0.25) is 5.02 Å². The molecule has 3 N–H and O–H groups in total. The molecule has 36 heavy (non-hydrogen) atoms. The van der Waals surface area contributed by atoms with Gasteiger partial charge in [-0.3, -0.25) is 4.90 Å². The van der Waals surface area contributed by atoms with E-state index in [1.54, 1.807) is 13.2 Å². The monoisotopic (exact) mass is 522 g/mol. The first kappa shape index (κ1) is 27.3. The summed E-state index contributed by atoms with van der Waals surface area (Å²) in [6, 6.07) is 8.09. The SMILES string of the molecule is COc1cc2ncnc(Nc3ccc(F)c(Cl)c3)c2cc1OCCCN1CCOCC1.O=C(O)CO. The number of aliphatic carboxylic acids is 1.